The molecule has 1 saturated heterocycles. The molecule has 0 amide bonds. The van der Waals surface area contributed by atoms with Crippen molar-refractivity contribution in [3.05, 3.63) is 12.2 Å². The number of ether oxygens (including phenoxy) is 2. The van der Waals surface area contributed by atoms with Crippen molar-refractivity contribution in [1.29, 1.82) is 0 Å². The lowest BCUT2D eigenvalue weighted by Gasteiger charge is -2.28. The molecule has 1 N–H and O–H groups in total. The number of hydrogen-bond acceptors (Lipinski definition) is 5. The predicted octanol–water partition coefficient (Wildman–Crippen LogP) is 0.192. The van der Waals surface area contributed by atoms with E-state index in [0.717, 1.165) is 25.5 Å². The first kappa shape index (κ1) is 12.5. The first-order valence-electron chi connectivity index (χ1n) is 6.10. The third-order valence-electron chi connectivity index (χ3n) is 2.76. The van der Waals surface area contributed by atoms with E-state index < -0.39 is 0 Å². The molecule has 2 rings (SSSR count). The van der Waals surface area contributed by atoms with E-state index in [1.165, 1.54) is 0 Å². The Morgan fingerprint density at radius 2 is 2.47 bits per heavy atom. The second kappa shape index (κ2) is 6.09. The summed E-state index contributed by atoms with van der Waals surface area (Å²) in [5.74, 6) is 0.865. The summed E-state index contributed by atoms with van der Waals surface area (Å²) in [6.45, 7) is 7.76. The van der Waals surface area contributed by atoms with E-state index in [-0.39, 0.29) is 12.2 Å². The molecule has 1 aliphatic heterocycles. The standard InChI is InChI=1S/C11H20N4O2/c1-3-15-11(13-8-14-15)7-16-6-10-5-12-4-9(2)17-10/h8-10,12H,3-7H2,1-2H3. The predicted molar refractivity (Wildman–Crippen MR) is 62.6 cm³/mol. The molecule has 2 atom stereocenters. The van der Waals surface area contributed by atoms with Gasteiger partial charge in [-0.1, -0.05) is 0 Å². The van der Waals surface area contributed by atoms with Crippen LogP contribution in [0.3, 0.4) is 0 Å². The van der Waals surface area contributed by atoms with E-state index in [2.05, 4.69) is 22.3 Å². The minimum Gasteiger partial charge on any atom is -0.371 e. The Balaban J connectivity index is 1.72. The lowest BCUT2D eigenvalue weighted by atomic mass is 10.2. The highest BCUT2D eigenvalue weighted by Gasteiger charge is 2.18. The summed E-state index contributed by atoms with van der Waals surface area (Å²) in [4.78, 5) is 4.16. The maximum Gasteiger partial charge on any atom is 0.152 e. The monoisotopic (exact) mass is 240 g/mol. The Labute approximate surface area is 101 Å². The molecule has 1 aromatic heterocycles. The zero-order valence-corrected chi connectivity index (χ0v) is 10.4. The Kier molecular flexibility index (Phi) is 4.47. The number of aryl methyl sites for hydroxylation is 1. The third-order valence-corrected chi connectivity index (χ3v) is 2.76. The molecule has 1 fully saturated rings. The summed E-state index contributed by atoms with van der Waals surface area (Å²) in [5.41, 5.74) is 0. The maximum atomic E-state index is 5.73. The number of nitrogens with zero attached hydrogens (tertiary/aromatic N) is 3. The second-order valence-electron chi connectivity index (χ2n) is 4.23. The SMILES string of the molecule is CCn1ncnc1COCC1CNCC(C)O1. The first-order valence-corrected chi connectivity index (χ1v) is 6.10. The minimum absolute atomic E-state index is 0.136. The Hall–Kier alpha value is -0.980. The van der Waals surface area contributed by atoms with Crippen LogP contribution in [0, 0.1) is 0 Å². The van der Waals surface area contributed by atoms with Crippen LogP contribution in [0.5, 0.6) is 0 Å². The lowest BCUT2D eigenvalue weighted by molar-refractivity contribution is -0.0726. The minimum atomic E-state index is 0.136. The molecule has 0 aromatic carbocycles. The summed E-state index contributed by atoms with van der Waals surface area (Å²) in [6, 6.07) is 0. The van der Waals surface area contributed by atoms with E-state index in [1.807, 2.05) is 11.6 Å². The van der Waals surface area contributed by atoms with Gasteiger partial charge in [-0.05, 0) is 13.8 Å². The van der Waals surface area contributed by atoms with Crippen LogP contribution in [0.4, 0.5) is 0 Å². The van der Waals surface area contributed by atoms with E-state index in [1.54, 1.807) is 6.33 Å². The molecule has 6 nitrogen and oxygen atoms in total. The molecule has 2 heterocycles. The fourth-order valence-corrected chi connectivity index (χ4v) is 1.92. The zero-order valence-electron chi connectivity index (χ0n) is 10.4. The summed E-state index contributed by atoms with van der Waals surface area (Å²) >= 11 is 0. The quantitative estimate of drug-likeness (QED) is 0.796. The summed E-state index contributed by atoms with van der Waals surface area (Å²) in [5, 5.41) is 7.41. The van der Waals surface area contributed by atoms with Crippen LogP contribution in [0.15, 0.2) is 6.33 Å². The van der Waals surface area contributed by atoms with E-state index in [9.17, 15) is 0 Å². The Bertz CT molecular complexity index is 342. The zero-order chi connectivity index (χ0) is 12.1. The van der Waals surface area contributed by atoms with Crippen molar-refractivity contribution in [1.82, 2.24) is 20.1 Å². The second-order valence-corrected chi connectivity index (χ2v) is 4.23. The van der Waals surface area contributed by atoms with Gasteiger partial charge in [-0.25, -0.2) is 9.67 Å². The molecular formula is C11H20N4O2. The molecule has 0 bridgehead atoms. The molecule has 0 spiro atoms. The van der Waals surface area contributed by atoms with Gasteiger partial charge in [-0.2, -0.15) is 5.10 Å². The fraction of sp³-hybridized carbons (Fsp3) is 0.818. The lowest BCUT2D eigenvalue weighted by Crippen LogP contribution is -2.45. The van der Waals surface area contributed by atoms with Crippen LogP contribution < -0.4 is 5.32 Å². The molecule has 1 aliphatic rings. The van der Waals surface area contributed by atoms with Crippen molar-refractivity contribution >= 4 is 0 Å². The van der Waals surface area contributed by atoms with Gasteiger partial charge in [-0.15, -0.1) is 0 Å². The normalized spacial score (nSPS) is 25.1. The van der Waals surface area contributed by atoms with Crippen molar-refractivity contribution < 1.29 is 9.47 Å². The highest BCUT2D eigenvalue weighted by Crippen LogP contribution is 2.05. The van der Waals surface area contributed by atoms with Gasteiger partial charge in [-0.3, -0.25) is 0 Å². The molecule has 2 unspecified atom stereocenters. The van der Waals surface area contributed by atoms with E-state index in [4.69, 9.17) is 9.47 Å². The highest BCUT2D eigenvalue weighted by atomic mass is 16.5. The van der Waals surface area contributed by atoms with Crippen molar-refractivity contribution in [2.75, 3.05) is 19.7 Å². The summed E-state index contributed by atoms with van der Waals surface area (Å²) < 4.78 is 13.2. The highest BCUT2D eigenvalue weighted by molar-refractivity contribution is 4.81. The third kappa shape index (κ3) is 3.49. The van der Waals surface area contributed by atoms with Crippen molar-refractivity contribution in [2.45, 2.75) is 39.2 Å². The number of morpholine rings is 1. The number of nitrogens with one attached hydrogen (secondary N) is 1. The molecule has 96 valence electrons. The Morgan fingerprint density at radius 3 is 3.24 bits per heavy atom. The van der Waals surface area contributed by atoms with Gasteiger partial charge < -0.3 is 14.8 Å². The summed E-state index contributed by atoms with van der Waals surface area (Å²) in [6.07, 6.45) is 1.96. The van der Waals surface area contributed by atoms with Crippen molar-refractivity contribution in [3.8, 4) is 0 Å². The molecule has 6 heteroatoms. The molecule has 17 heavy (non-hydrogen) atoms. The Morgan fingerprint density at radius 1 is 1.59 bits per heavy atom. The van der Waals surface area contributed by atoms with Crippen molar-refractivity contribution in [2.24, 2.45) is 0 Å². The van der Waals surface area contributed by atoms with E-state index in [0.29, 0.717) is 13.2 Å². The smallest absolute Gasteiger partial charge is 0.152 e. The van der Waals surface area contributed by atoms with Gasteiger partial charge in [0.2, 0.25) is 0 Å². The van der Waals surface area contributed by atoms with Gasteiger partial charge in [0.25, 0.3) is 0 Å². The first-order chi connectivity index (χ1) is 8.29. The topological polar surface area (TPSA) is 61.2 Å². The average Bonchev–Trinajstić information content (AvgIpc) is 2.77. The molecular weight excluding hydrogens is 220 g/mol. The van der Waals surface area contributed by atoms with Gasteiger partial charge in [0.15, 0.2) is 5.82 Å². The van der Waals surface area contributed by atoms with Gasteiger partial charge in [0.05, 0.1) is 18.8 Å². The molecule has 0 saturated carbocycles. The van der Waals surface area contributed by atoms with Crippen LogP contribution in [0.1, 0.15) is 19.7 Å². The number of aromatic nitrogens is 3. The van der Waals surface area contributed by atoms with Crippen molar-refractivity contribution in [3.63, 3.8) is 0 Å². The number of hydrogen-bond donors (Lipinski definition) is 1. The molecule has 0 aliphatic carbocycles. The summed E-state index contributed by atoms with van der Waals surface area (Å²) in [7, 11) is 0. The van der Waals surface area contributed by atoms with Crippen LogP contribution in [-0.4, -0.2) is 46.7 Å². The maximum absolute atomic E-state index is 5.73. The van der Waals surface area contributed by atoms with Gasteiger partial charge in [0, 0.05) is 19.6 Å². The van der Waals surface area contributed by atoms with Crippen LogP contribution in [-0.2, 0) is 22.6 Å². The average molecular weight is 240 g/mol. The molecule has 0 radical (unpaired) electrons. The van der Waals surface area contributed by atoms with Gasteiger partial charge >= 0.3 is 0 Å². The van der Waals surface area contributed by atoms with Gasteiger partial charge in [0.1, 0.15) is 12.9 Å². The van der Waals surface area contributed by atoms with Crippen LogP contribution >= 0.6 is 0 Å². The fourth-order valence-electron chi connectivity index (χ4n) is 1.92. The van der Waals surface area contributed by atoms with E-state index >= 15 is 0 Å². The van der Waals surface area contributed by atoms with Crippen LogP contribution in [0.25, 0.3) is 0 Å². The molecule has 1 aromatic rings. The largest absolute Gasteiger partial charge is 0.371 e. The number of rotatable bonds is 5. The van der Waals surface area contributed by atoms with Crippen LogP contribution in [0.2, 0.25) is 0 Å².